The molecule has 1 atom stereocenters. The summed E-state index contributed by atoms with van der Waals surface area (Å²) in [5.41, 5.74) is 2.03. The summed E-state index contributed by atoms with van der Waals surface area (Å²) in [5.74, 6) is -2.41. The minimum Gasteiger partial charge on any atom is -0.505 e. The highest BCUT2D eigenvalue weighted by atomic mass is 35.5. The molecule has 0 spiro atoms. The molecule has 40 heavy (non-hydrogen) atoms. The van der Waals surface area contributed by atoms with Gasteiger partial charge in [-0.15, -0.1) is 10.2 Å². The van der Waals surface area contributed by atoms with E-state index in [0.717, 1.165) is 21.8 Å². The van der Waals surface area contributed by atoms with Crippen molar-refractivity contribution in [1.82, 2.24) is 19.6 Å². The number of benzene rings is 2. The molecule has 3 aromatic heterocycles. The zero-order valence-electron chi connectivity index (χ0n) is 20.8. The molecule has 1 saturated heterocycles. The average molecular weight is 592 g/mol. The lowest BCUT2D eigenvalue weighted by Crippen LogP contribution is -2.29. The van der Waals surface area contributed by atoms with Crippen LogP contribution in [-0.2, 0) is 15.3 Å². The van der Waals surface area contributed by atoms with Crippen molar-refractivity contribution in [2.24, 2.45) is 0 Å². The third-order valence-corrected chi connectivity index (χ3v) is 8.83. The molecular weight excluding hydrogens is 573 g/mol. The van der Waals surface area contributed by atoms with E-state index in [0.29, 0.717) is 26.5 Å². The summed E-state index contributed by atoms with van der Waals surface area (Å²) in [6.07, 6.45) is 1.69. The first-order valence-electron chi connectivity index (χ1n) is 12.0. The van der Waals surface area contributed by atoms with E-state index in [4.69, 9.17) is 11.6 Å². The molecular formula is C28H19ClFN5O3S2. The summed E-state index contributed by atoms with van der Waals surface area (Å²) in [5, 5.41) is 20.7. The minimum atomic E-state index is -1.27. The fourth-order valence-corrected chi connectivity index (χ4v) is 6.58. The Morgan fingerprint density at radius 2 is 1.82 bits per heavy atom. The van der Waals surface area contributed by atoms with Crippen molar-refractivity contribution < 1.29 is 19.1 Å². The number of aliphatic hydroxyl groups excluding tert-OH is 1. The van der Waals surface area contributed by atoms with Gasteiger partial charge >= 0.3 is 5.91 Å². The number of hydrogen-bond acceptors (Lipinski definition) is 8. The number of aryl methyl sites for hydroxylation is 1. The van der Waals surface area contributed by atoms with Crippen LogP contribution < -0.4 is 4.90 Å². The molecule has 1 aliphatic heterocycles. The zero-order chi connectivity index (χ0) is 28.0. The third kappa shape index (κ3) is 4.55. The number of carbonyl (C=O) groups excluding carboxylic acids is 2. The van der Waals surface area contributed by atoms with E-state index < -0.39 is 29.3 Å². The largest absolute Gasteiger partial charge is 0.505 e. The Morgan fingerprint density at radius 1 is 1.07 bits per heavy atom. The molecule has 0 saturated carbocycles. The predicted molar refractivity (Wildman–Crippen MR) is 152 cm³/mol. The fourth-order valence-electron chi connectivity index (χ4n) is 4.63. The molecule has 0 radical (unpaired) electrons. The van der Waals surface area contributed by atoms with E-state index in [-0.39, 0.29) is 22.0 Å². The molecule has 1 amide bonds. The van der Waals surface area contributed by atoms with Crippen molar-refractivity contribution in [3.63, 3.8) is 0 Å². The average Bonchev–Trinajstić information content (AvgIpc) is 3.62. The van der Waals surface area contributed by atoms with Crippen molar-refractivity contribution in [1.29, 1.82) is 0 Å². The van der Waals surface area contributed by atoms with Crippen LogP contribution in [0.5, 0.6) is 0 Å². The van der Waals surface area contributed by atoms with Gasteiger partial charge in [0, 0.05) is 22.5 Å². The van der Waals surface area contributed by atoms with Crippen LogP contribution in [0, 0.1) is 12.7 Å². The van der Waals surface area contributed by atoms with Crippen molar-refractivity contribution in [2.45, 2.75) is 23.1 Å². The molecule has 5 aromatic rings. The first-order valence-corrected chi connectivity index (χ1v) is 14.2. The fraction of sp³-hybridized carbons (Fsp3) is 0.107. The Labute approximate surface area is 240 Å². The summed E-state index contributed by atoms with van der Waals surface area (Å²) < 4.78 is 17.4. The molecule has 0 bridgehead atoms. The van der Waals surface area contributed by atoms with Crippen molar-refractivity contribution >= 4 is 62.9 Å². The van der Waals surface area contributed by atoms with Gasteiger partial charge in [-0.2, -0.15) is 0 Å². The Bertz CT molecular complexity index is 1820. The topological polar surface area (TPSA) is 101 Å². The maximum atomic E-state index is 15.2. The summed E-state index contributed by atoms with van der Waals surface area (Å²) in [6.45, 7) is 1.69. The second kappa shape index (κ2) is 10.5. The van der Waals surface area contributed by atoms with Crippen molar-refractivity contribution in [3.05, 3.63) is 112 Å². The van der Waals surface area contributed by atoms with Crippen LogP contribution in [0.4, 0.5) is 9.52 Å². The number of pyridine rings is 1. The number of rotatable bonds is 6. The molecule has 1 N–H and O–H groups in total. The number of anilines is 1. The van der Waals surface area contributed by atoms with E-state index in [1.807, 2.05) is 12.1 Å². The lowest BCUT2D eigenvalue weighted by molar-refractivity contribution is -0.132. The maximum Gasteiger partial charge on any atom is 0.301 e. The van der Waals surface area contributed by atoms with Crippen LogP contribution >= 0.6 is 34.7 Å². The number of aliphatic hydroxyl groups is 1. The van der Waals surface area contributed by atoms with Crippen molar-refractivity contribution in [2.75, 3.05) is 4.90 Å². The van der Waals surface area contributed by atoms with E-state index >= 15 is 4.39 Å². The number of hydrogen-bond donors (Lipinski definition) is 1. The van der Waals surface area contributed by atoms with Gasteiger partial charge in [-0.25, -0.2) is 9.37 Å². The second-order valence-corrected chi connectivity index (χ2v) is 11.5. The van der Waals surface area contributed by atoms with Gasteiger partial charge in [-0.3, -0.25) is 18.9 Å². The number of thioether (sulfide) groups is 1. The number of carbonyl (C=O) groups is 2. The van der Waals surface area contributed by atoms with E-state index in [1.165, 1.54) is 30.0 Å². The predicted octanol–water partition coefficient (Wildman–Crippen LogP) is 6.21. The van der Waals surface area contributed by atoms with Crippen LogP contribution in [0.1, 0.15) is 28.6 Å². The van der Waals surface area contributed by atoms with E-state index in [2.05, 4.69) is 15.2 Å². The maximum absolute atomic E-state index is 15.2. The Hall–Kier alpha value is -4.06. The molecule has 8 nitrogen and oxygen atoms in total. The number of imidazole rings is 1. The molecule has 2 aromatic carbocycles. The standard InChI is InChI=1S/C28H19ClFN5O3S2/c1-15-22(34-13-5-4-8-20(34)31-15)24(36)21-23(18-6-2-3-7-19(18)30)35(26(38)25(21)37)27-32-33-28(40-27)39-14-16-9-11-17(29)12-10-16/h2-13,23,36H,14H2,1H3. The zero-order valence-corrected chi connectivity index (χ0v) is 23.2. The highest BCUT2D eigenvalue weighted by Crippen LogP contribution is 2.45. The monoisotopic (exact) mass is 591 g/mol. The molecule has 1 fully saturated rings. The quantitative estimate of drug-likeness (QED) is 0.0824. The molecule has 12 heteroatoms. The number of fused-ring (bicyclic) bond motifs is 1. The minimum absolute atomic E-state index is 0.0419. The lowest BCUT2D eigenvalue weighted by atomic mass is 9.96. The molecule has 1 aliphatic rings. The van der Waals surface area contributed by atoms with Gasteiger partial charge in [-0.1, -0.05) is 71.1 Å². The van der Waals surface area contributed by atoms with E-state index in [1.54, 1.807) is 53.9 Å². The summed E-state index contributed by atoms with van der Waals surface area (Å²) >= 11 is 8.47. The number of aromatic nitrogens is 4. The molecule has 4 heterocycles. The van der Waals surface area contributed by atoms with Crippen LogP contribution in [0.3, 0.4) is 0 Å². The summed E-state index contributed by atoms with van der Waals surface area (Å²) in [6, 6.07) is 17.2. The van der Waals surface area contributed by atoms with Gasteiger partial charge < -0.3 is 5.11 Å². The Balaban J connectivity index is 1.44. The normalized spacial score (nSPS) is 16.8. The van der Waals surface area contributed by atoms with Gasteiger partial charge in [0.1, 0.15) is 23.2 Å². The van der Waals surface area contributed by atoms with Crippen LogP contribution in [0.2, 0.25) is 5.02 Å². The van der Waals surface area contributed by atoms with Gasteiger partial charge in [0.25, 0.3) is 5.78 Å². The summed E-state index contributed by atoms with van der Waals surface area (Å²) in [4.78, 5) is 32.5. The number of ketones is 1. The van der Waals surface area contributed by atoms with E-state index in [9.17, 15) is 14.7 Å². The first-order chi connectivity index (χ1) is 19.3. The smallest absolute Gasteiger partial charge is 0.301 e. The highest BCUT2D eigenvalue weighted by Gasteiger charge is 2.49. The van der Waals surface area contributed by atoms with Crippen LogP contribution in [0.25, 0.3) is 11.4 Å². The SMILES string of the molecule is Cc1nc2ccccn2c1C(O)=C1C(=O)C(=O)N(c2nnc(SCc3ccc(Cl)cc3)s2)C1c1ccccc1F. The van der Waals surface area contributed by atoms with Gasteiger partial charge in [0.05, 0.1) is 11.3 Å². The Morgan fingerprint density at radius 3 is 2.60 bits per heavy atom. The molecule has 200 valence electrons. The highest BCUT2D eigenvalue weighted by molar-refractivity contribution is 8.00. The lowest BCUT2D eigenvalue weighted by Gasteiger charge is -2.22. The third-order valence-electron chi connectivity index (χ3n) is 6.45. The van der Waals surface area contributed by atoms with Gasteiger partial charge in [-0.05, 0) is 42.8 Å². The van der Waals surface area contributed by atoms with Gasteiger partial charge in [0.15, 0.2) is 10.1 Å². The number of nitrogens with zero attached hydrogens (tertiary/aromatic N) is 5. The second-order valence-electron chi connectivity index (χ2n) is 8.93. The first kappa shape index (κ1) is 26.2. The van der Waals surface area contributed by atoms with Crippen LogP contribution in [-0.4, -0.2) is 36.4 Å². The van der Waals surface area contributed by atoms with Crippen LogP contribution in [0.15, 0.2) is 82.8 Å². The number of halogens is 2. The van der Waals surface area contributed by atoms with Gasteiger partial charge in [0.2, 0.25) is 5.13 Å². The summed E-state index contributed by atoms with van der Waals surface area (Å²) in [7, 11) is 0. The molecule has 1 unspecified atom stereocenters. The Kier molecular flexibility index (Phi) is 6.87. The molecule has 0 aliphatic carbocycles. The number of Topliss-reactive ketones (excluding diaryl/α,β-unsaturated/α-hetero) is 1. The van der Waals surface area contributed by atoms with Crippen molar-refractivity contribution in [3.8, 4) is 0 Å². The molecule has 6 rings (SSSR count). The number of amides is 1.